The molecule has 18 heavy (non-hydrogen) atoms. The number of rotatable bonds is 6. The molecule has 2 aromatic rings. The van der Waals surface area contributed by atoms with Crippen LogP contribution in [-0.2, 0) is 13.1 Å². The second kappa shape index (κ2) is 6.21. The van der Waals surface area contributed by atoms with Crippen LogP contribution in [0.15, 0.2) is 41.3 Å². The van der Waals surface area contributed by atoms with Gasteiger partial charge in [-0.05, 0) is 37.7 Å². The summed E-state index contributed by atoms with van der Waals surface area (Å²) in [5.74, 6) is 0.937. The number of pyridine rings is 1. The van der Waals surface area contributed by atoms with Crippen LogP contribution in [0.2, 0.25) is 0 Å². The molecule has 0 amide bonds. The first kappa shape index (κ1) is 12.6. The van der Waals surface area contributed by atoms with E-state index in [4.69, 9.17) is 4.42 Å². The largest absolute Gasteiger partial charge is 0.472 e. The van der Waals surface area contributed by atoms with Crippen molar-refractivity contribution in [3.05, 3.63) is 48.0 Å². The van der Waals surface area contributed by atoms with Crippen molar-refractivity contribution in [1.29, 1.82) is 0 Å². The minimum Gasteiger partial charge on any atom is -0.472 e. The Kier molecular flexibility index (Phi) is 4.36. The quantitative estimate of drug-likeness (QED) is 0.849. The van der Waals surface area contributed by atoms with Crippen molar-refractivity contribution in [3.8, 4) is 0 Å². The second-order valence-electron chi connectivity index (χ2n) is 4.38. The van der Waals surface area contributed by atoms with Crippen molar-refractivity contribution >= 4 is 5.82 Å². The van der Waals surface area contributed by atoms with E-state index in [2.05, 4.69) is 35.2 Å². The highest BCUT2D eigenvalue weighted by Gasteiger charge is 2.03. The van der Waals surface area contributed by atoms with Gasteiger partial charge in [0.25, 0.3) is 0 Å². The van der Waals surface area contributed by atoms with Crippen LogP contribution in [0, 0.1) is 0 Å². The zero-order valence-corrected chi connectivity index (χ0v) is 10.9. The van der Waals surface area contributed by atoms with E-state index in [-0.39, 0.29) is 0 Å². The lowest BCUT2D eigenvalue weighted by Crippen LogP contribution is -2.17. The normalized spacial score (nSPS) is 10.8. The van der Waals surface area contributed by atoms with E-state index in [1.54, 1.807) is 12.5 Å². The monoisotopic (exact) mass is 245 g/mol. The topological polar surface area (TPSA) is 41.3 Å². The Labute approximate surface area is 108 Å². The van der Waals surface area contributed by atoms with Crippen LogP contribution in [0.3, 0.4) is 0 Å². The zero-order chi connectivity index (χ0) is 12.8. The molecule has 0 fully saturated rings. The summed E-state index contributed by atoms with van der Waals surface area (Å²) >= 11 is 0. The smallest absolute Gasteiger partial charge is 0.126 e. The van der Waals surface area contributed by atoms with E-state index in [0.717, 1.165) is 25.5 Å². The Hall–Kier alpha value is -1.81. The van der Waals surface area contributed by atoms with E-state index in [9.17, 15) is 0 Å². The van der Waals surface area contributed by atoms with Crippen molar-refractivity contribution in [3.63, 3.8) is 0 Å². The molecule has 0 bridgehead atoms. The van der Waals surface area contributed by atoms with Gasteiger partial charge >= 0.3 is 0 Å². The number of furan rings is 1. The molecule has 4 heteroatoms. The van der Waals surface area contributed by atoms with Crippen molar-refractivity contribution in [2.45, 2.75) is 20.0 Å². The molecule has 1 N–H and O–H groups in total. The van der Waals surface area contributed by atoms with Gasteiger partial charge in [-0.25, -0.2) is 4.98 Å². The molecule has 0 saturated heterocycles. The van der Waals surface area contributed by atoms with Gasteiger partial charge in [0.05, 0.1) is 12.5 Å². The number of anilines is 1. The maximum absolute atomic E-state index is 5.07. The van der Waals surface area contributed by atoms with Crippen LogP contribution in [0.1, 0.15) is 18.1 Å². The Morgan fingerprint density at radius 1 is 1.28 bits per heavy atom. The van der Waals surface area contributed by atoms with Crippen molar-refractivity contribution in [2.24, 2.45) is 0 Å². The molecule has 0 saturated carbocycles. The summed E-state index contributed by atoms with van der Waals surface area (Å²) in [5.41, 5.74) is 2.45. The fourth-order valence-corrected chi connectivity index (χ4v) is 1.91. The molecule has 0 spiro atoms. The molecule has 2 aromatic heterocycles. The van der Waals surface area contributed by atoms with Gasteiger partial charge in [0.15, 0.2) is 0 Å². The first-order valence-corrected chi connectivity index (χ1v) is 6.16. The highest BCUT2D eigenvalue weighted by Crippen LogP contribution is 2.11. The maximum atomic E-state index is 5.07. The summed E-state index contributed by atoms with van der Waals surface area (Å²) in [7, 11) is 2.10. The van der Waals surface area contributed by atoms with Crippen LogP contribution < -0.4 is 5.32 Å². The third kappa shape index (κ3) is 3.60. The minimum absolute atomic E-state index is 0.884. The third-order valence-electron chi connectivity index (χ3n) is 2.67. The van der Waals surface area contributed by atoms with E-state index >= 15 is 0 Å². The molecule has 0 aliphatic rings. The minimum atomic E-state index is 0.884. The first-order chi connectivity index (χ1) is 8.78. The molecule has 0 aromatic carbocycles. The average molecular weight is 245 g/mol. The van der Waals surface area contributed by atoms with Crippen LogP contribution in [0.4, 0.5) is 5.82 Å². The maximum Gasteiger partial charge on any atom is 0.126 e. The molecule has 0 aliphatic carbocycles. The van der Waals surface area contributed by atoms with E-state index in [0.29, 0.717) is 0 Å². The molecular weight excluding hydrogens is 226 g/mol. The summed E-state index contributed by atoms with van der Waals surface area (Å²) in [5, 5.41) is 3.22. The molecule has 2 heterocycles. The summed E-state index contributed by atoms with van der Waals surface area (Å²) in [4.78, 5) is 6.51. The standard InChI is InChI=1S/C14H19N3O/c1-3-15-14-8-12(4-6-16-14)9-17(2)10-13-5-7-18-11-13/h4-8,11H,3,9-10H2,1-2H3,(H,15,16). The van der Waals surface area contributed by atoms with E-state index in [1.165, 1.54) is 11.1 Å². The Morgan fingerprint density at radius 3 is 2.83 bits per heavy atom. The van der Waals surface area contributed by atoms with Gasteiger partial charge < -0.3 is 9.73 Å². The van der Waals surface area contributed by atoms with Gasteiger partial charge in [0.1, 0.15) is 5.82 Å². The first-order valence-electron chi connectivity index (χ1n) is 6.16. The highest BCUT2D eigenvalue weighted by molar-refractivity contribution is 5.37. The Balaban J connectivity index is 1.93. The molecule has 96 valence electrons. The molecule has 0 aliphatic heterocycles. The third-order valence-corrected chi connectivity index (χ3v) is 2.67. The lowest BCUT2D eigenvalue weighted by atomic mass is 10.2. The number of hydrogen-bond acceptors (Lipinski definition) is 4. The number of aromatic nitrogens is 1. The van der Waals surface area contributed by atoms with Gasteiger partial charge in [-0.15, -0.1) is 0 Å². The van der Waals surface area contributed by atoms with Crippen LogP contribution in [0.25, 0.3) is 0 Å². The average Bonchev–Trinajstić information content (AvgIpc) is 2.82. The van der Waals surface area contributed by atoms with Gasteiger partial charge in [-0.1, -0.05) is 0 Å². The zero-order valence-electron chi connectivity index (χ0n) is 10.9. The molecular formula is C14H19N3O. The summed E-state index contributed by atoms with van der Waals surface area (Å²) in [6.07, 6.45) is 5.34. The van der Waals surface area contributed by atoms with Gasteiger partial charge in [0.2, 0.25) is 0 Å². The van der Waals surface area contributed by atoms with Crippen molar-refractivity contribution in [1.82, 2.24) is 9.88 Å². The van der Waals surface area contributed by atoms with Gasteiger partial charge in [0, 0.05) is 31.4 Å². The lowest BCUT2D eigenvalue weighted by molar-refractivity contribution is 0.318. The summed E-state index contributed by atoms with van der Waals surface area (Å²) in [6.45, 7) is 4.74. The van der Waals surface area contributed by atoms with Crippen molar-refractivity contribution in [2.75, 3.05) is 18.9 Å². The van der Waals surface area contributed by atoms with E-state index in [1.807, 2.05) is 18.3 Å². The van der Waals surface area contributed by atoms with Gasteiger partial charge in [-0.2, -0.15) is 0 Å². The summed E-state index contributed by atoms with van der Waals surface area (Å²) < 4.78 is 5.07. The Morgan fingerprint density at radius 2 is 2.11 bits per heavy atom. The predicted octanol–water partition coefficient (Wildman–Crippen LogP) is 2.74. The molecule has 0 atom stereocenters. The molecule has 0 unspecified atom stereocenters. The number of hydrogen-bond donors (Lipinski definition) is 1. The fourth-order valence-electron chi connectivity index (χ4n) is 1.91. The SMILES string of the molecule is CCNc1cc(CN(C)Cc2ccoc2)ccn1. The van der Waals surface area contributed by atoms with Gasteiger partial charge in [-0.3, -0.25) is 4.90 Å². The van der Waals surface area contributed by atoms with Crippen LogP contribution >= 0.6 is 0 Å². The highest BCUT2D eigenvalue weighted by atomic mass is 16.3. The molecule has 4 nitrogen and oxygen atoms in total. The summed E-state index contributed by atoms with van der Waals surface area (Å²) in [6, 6.07) is 6.13. The lowest BCUT2D eigenvalue weighted by Gasteiger charge is -2.16. The van der Waals surface area contributed by atoms with E-state index < -0.39 is 0 Å². The number of nitrogens with one attached hydrogen (secondary N) is 1. The second-order valence-corrected chi connectivity index (χ2v) is 4.38. The Bertz CT molecular complexity index is 468. The molecule has 0 radical (unpaired) electrons. The predicted molar refractivity (Wildman–Crippen MR) is 72.3 cm³/mol. The van der Waals surface area contributed by atoms with Crippen LogP contribution in [0.5, 0.6) is 0 Å². The van der Waals surface area contributed by atoms with Crippen molar-refractivity contribution < 1.29 is 4.42 Å². The van der Waals surface area contributed by atoms with Crippen LogP contribution in [-0.4, -0.2) is 23.5 Å². The fraction of sp³-hybridized carbons (Fsp3) is 0.357. The molecule has 2 rings (SSSR count). The number of nitrogens with zero attached hydrogens (tertiary/aromatic N) is 2.